The van der Waals surface area contributed by atoms with Gasteiger partial charge in [0.25, 0.3) is 0 Å². The van der Waals surface area contributed by atoms with Crippen LogP contribution in [0.25, 0.3) is 22.2 Å². The van der Waals surface area contributed by atoms with Crippen molar-refractivity contribution in [1.82, 2.24) is 25.2 Å². The summed E-state index contributed by atoms with van der Waals surface area (Å²) in [7, 11) is 0. The van der Waals surface area contributed by atoms with Gasteiger partial charge in [0.2, 0.25) is 5.88 Å². The molecule has 0 radical (unpaired) electrons. The fraction of sp³-hybridized carbons (Fsp3) is 0.567. The average molecular weight is 636 g/mol. The smallest absolute Gasteiger partial charge is 0.417 e. The van der Waals surface area contributed by atoms with Crippen molar-refractivity contribution >= 4 is 22.4 Å². The van der Waals surface area contributed by atoms with E-state index in [2.05, 4.69) is 15.3 Å². The molecule has 4 saturated heterocycles. The lowest BCUT2D eigenvalue weighted by molar-refractivity contribution is -0.137. The van der Waals surface area contributed by atoms with Crippen molar-refractivity contribution in [3.8, 4) is 23.1 Å². The highest BCUT2D eigenvalue weighted by atomic mass is 19.4. The normalized spacial score (nSPS) is 30.5. The molecule has 0 spiro atoms. The lowest BCUT2D eigenvalue weighted by atomic mass is 9.86. The summed E-state index contributed by atoms with van der Waals surface area (Å²) in [6, 6.07) is 0.457. The fourth-order valence-corrected chi connectivity index (χ4v) is 8.14. The van der Waals surface area contributed by atoms with E-state index in [-0.39, 0.29) is 47.5 Å². The van der Waals surface area contributed by atoms with Gasteiger partial charge >= 0.3 is 12.2 Å². The molecule has 240 valence electrons. The number of hydrogen-bond acceptors (Lipinski definition) is 9. The first-order chi connectivity index (χ1) is 21.3. The molecule has 0 amide bonds. The minimum Gasteiger partial charge on any atom is -0.472 e. The number of nitrogens with two attached hydrogens (primary N) is 1. The van der Waals surface area contributed by atoms with Gasteiger partial charge in [-0.1, -0.05) is 0 Å². The highest BCUT2D eigenvalue weighted by Gasteiger charge is 2.53. The summed E-state index contributed by atoms with van der Waals surface area (Å²) in [6.07, 6.45) is -3.77. The molecular formula is C30H31F6N7O2. The molecule has 3 aromatic rings. The van der Waals surface area contributed by atoms with E-state index in [9.17, 15) is 22.0 Å². The first kappa shape index (κ1) is 28.9. The molecule has 3 N–H and O–H groups in total. The lowest BCUT2D eigenvalue weighted by Crippen LogP contribution is -2.62. The molecule has 2 bridgehead atoms. The minimum atomic E-state index is -5.06. The Bertz CT molecular complexity index is 1740. The van der Waals surface area contributed by atoms with E-state index in [1.807, 2.05) is 16.7 Å². The zero-order chi connectivity index (χ0) is 31.6. The molecule has 0 unspecified atom stereocenters. The Balaban J connectivity index is 1.33. The van der Waals surface area contributed by atoms with Crippen molar-refractivity contribution in [3.05, 3.63) is 28.8 Å². The summed E-state index contributed by atoms with van der Waals surface area (Å²) in [5.74, 6) is -2.27. The zero-order valence-electron chi connectivity index (χ0n) is 24.5. The zero-order valence-corrected chi connectivity index (χ0v) is 24.5. The monoisotopic (exact) mass is 635 g/mol. The fourth-order valence-electron chi connectivity index (χ4n) is 8.14. The van der Waals surface area contributed by atoms with Crippen LogP contribution in [0.4, 0.5) is 37.8 Å². The number of nitrogens with zero attached hydrogens (tertiary/aromatic N) is 5. The molecule has 6 atom stereocenters. The average Bonchev–Trinajstić information content (AvgIpc) is 3.41. The van der Waals surface area contributed by atoms with Crippen LogP contribution in [-0.2, 0) is 6.18 Å². The molecule has 5 aliphatic heterocycles. The maximum Gasteiger partial charge on any atom is 0.417 e. The van der Waals surface area contributed by atoms with Gasteiger partial charge in [-0.25, -0.2) is 18.2 Å². The van der Waals surface area contributed by atoms with Gasteiger partial charge in [-0.2, -0.15) is 23.1 Å². The van der Waals surface area contributed by atoms with Crippen molar-refractivity contribution in [2.75, 3.05) is 36.9 Å². The van der Waals surface area contributed by atoms with Crippen LogP contribution < -0.4 is 25.4 Å². The summed E-state index contributed by atoms with van der Waals surface area (Å²) in [5, 5.41) is 3.69. The maximum atomic E-state index is 16.7. The van der Waals surface area contributed by atoms with Crippen LogP contribution in [0, 0.1) is 18.6 Å². The third-order valence-corrected chi connectivity index (χ3v) is 10.3. The Morgan fingerprint density at radius 1 is 1.16 bits per heavy atom. The first-order valence-corrected chi connectivity index (χ1v) is 15.1. The van der Waals surface area contributed by atoms with Gasteiger partial charge in [0.15, 0.2) is 5.82 Å². The maximum absolute atomic E-state index is 16.7. The van der Waals surface area contributed by atoms with Crippen LogP contribution >= 0.6 is 0 Å². The lowest BCUT2D eigenvalue weighted by Gasteiger charge is -2.47. The van der Waals surface area contributed by atoms with E-state index in [1.54, 1.807) is 0 Å². The Hall–Kier alpha value is -3.59. The Labute approximate surface area is 254 Å². The van der Waals surface area contributed by atoms with E-state index >= 15 is 4.39 Å². The van der Waals surface area contributed by atoms with Gasteiger partial charge < -0.3 is 25.4 Å². The minimum absolute atomic E-state index is 0.0190. The van der Waals surface area contributed by atoms with Crippen molar-refractivity contribution in [2.45, 2.75) is 81.6 Å². The van der Waals surface area contributed by atoms with Crippen LogP contribution in [0.2, 0.25) is 0 Å². The van der Waals surface area contributed by atoms with E-state index in [0.29, 0.717) is 25.3 Å². The van der Waals surface area contributed by atoms with Gasteiger partial charge in [-0.15, -0.1) is 0 Å². The number of anilines is 2. The topological polar surface area (TPSA) is 102 Å². The molecule has 7 heterocycles. The van der Waals surface area contributed by atoms with Gasteiger partial charge in [0.1, 0.15) is 47.1 Å². The first-order valence-electron chi connectivity index (χ1n) is 15.1. The molecule has 15 heteroatoms. The summed E-state index contributed by atoms with van der Waals surface area (Å²) < 4.78 is 101. The Kier molecular flexibility index (Phi) is 6.22. The number of piperazine rings is 1. The number of aromatic nitrogens is 3. The molecular weight excluding hydrogens is 604 g/mol. The van der Waals surface area contributed by atoms with Crippen molar-refractivity contribution < 1.29 is 35.8 Å². The Morgan fingerprint density at radius 2 is 1.96 bits per heavy atom. The van der Waals surface area contributed by atoms with Crippen molar-refractivity contribution in [1.29, 1.82) is 0 Å². The largest absolute Gasteiger partial charge is 0.472 e. The SMILES string of the molecule is Cc1c(F)c(N)cc(-c2nc3c4c(nc(OC[C@@]56CCN5C[C@H](F)C6)nc4c2F)N2C[C@H]4CC[C@H](N4)[C@H]2[C@H](C)O3)c1C(F)(F)F. The van der Waals surface area contributed by atoms with Crippen LogP contribution in [-0.4, -0.2) is 82.0 Å². The molecule has 1 aromatic carbocycles. The molecule has 8 rings (SSSR count). The number of fused-ring (bicyclic) bond motifs is 6. The van der Waals surface area contributed by atoms with Crippen molar-refractivity contribution in [2.24, 2.45) is 0 Å². The second-order valence-corrected chi connectivity index (χ2v) is 13.0. The highest BCUT2D eigenvalue weighted by molar-refractivity contribution is 5.97. The Morgan fingerprint density at radius 3 is 2.67 bits per heavy atom. The predicted molar refractivity (Wildman–Crippen MR) is 152 cm³/mol. The predicted octanol–water partition coefficient (Wildman–Crippen LogP) is 4.53. The van der Waals surface area contributed by atoms with Crippen molar-refractivity contribution in [3.63, 3.8) is 0 Å². The van der Waals surface area contributed by atoms with E-state index < -0.39 is 63.7 Å². The summed E-state index contributed by atoms with van der Waals surface area (Å²) in [6.45, 7) is 4.40. The van der Waals surface area contributed by atoms with Crippen LogP contribution in [0.3, 0.4) is 0 Å². The van der Waals surface area contributed by atoms with Gasteiger partial charge in [-0.3, -0.25) is 4.90 Å². The van der Waals surface area contributed by atoms with Crippen LogP contribution in [0.5, 0.6) is 11.9 Å². The number of nitrogens with one attached hydrogen (secondary N) is 1. The number of pyridine rings is 1. The number of benzene rings is 1. The van der Waals surface area contributed by atoms with Gasteiger partial charge in [0, 0.05) is 43.7 Å². The number of alkyl halides is 4. The molecule has 45 heavy (non-hydrogen) atoms. The summed E-state index contributed by atoms with van der Waals surface area (Å²) in [5.41, 5.74) is 0.650. The summed E-state index contributed by atoms with van der Waals surface area (Å²) in [4.78, 5) is 17.4. The number of rotatable bonds is 4. The number of halogens is 6. The number of hydrogen-bond donors (Lipinski definition) is 2. The number of nitrogen functional groups attached to an aromatic ring is 1. The molecule has 2 aromatic heterocycles. The third kappa shape index (κ3) is 4.25. The quantitative estimate of drug-likeness (QED) is 0.316. The second kappa shape index (κ2) is 9.71. The third-order valence-electron chi connectivity index (χ3n) is 10.3. The second-order valence-electron chi connectivity index (χ2n) is 13.0. The van der Waals surface area contributed by atoms with Crippen LogP contribution in [0.1, 0.15) is 43.7 Å². The number of ether oxygens (including phenoxy) is 2. The molecule has 9 nitrogen and oxygen atoms in total. The van der Waals surface area contributed by atoms with E-state index in [4.69, 9.17) is 20.2 Å². The van der Waals surface area contributed by atoms with E-state index in [1.165, 1.54) is 0 Å². The van der Waals surface area contributed by atoms with E-state index in [0.717, 1.165) is 38.8 Å². The molecule has 4 fully saturated rings. The molecule has 0 saturated carbocycles. The van der Waals surface area contributed by atoms with Gasteiger partial charge in [0.05, 0.1) is 22.8 Å². The van der Waals surface area contributed by atoms with Crippen LogP contribution in [0.15, 0.2) is 6.07 Å². The standard InChI is InChI=1S/C30H31F6N7O2/c1-12-20(30(34,35)36)16(7-17(37)21(12)32)23-22(33)24-19-26(41-28(40-24)44-11-29-5-6-42(29)9-14(31)8-29)43-10-15-3-4-18(38-15)25(43)13(2)45-27(19)39-23/h7,13-15,18,25,38H,3-6,8-11,37H2,1-2H3/t13-,14+,15+,18-,25+,29-/m0/s1. The molecule has 5 aliphatic rings. The summed E-state index contributed by atoms with van der Waals surface area (Å²) >= 11 is 0. The van der Waals surface area contributed by atoms with Gasteiger partial charge in [-0.05, 0) is 44.7 Å². The highest BCUT2D eigenvalue weighted by Crippen LogP contribution is 2.48. The molecule has 0 aliphatic carbocycles.